The average molecular weight is 288 g/mol. The van der Waals surface area contributed by atoms with Crippen molar-refractivity contribution in [3.63, 3.8) is 0 Å². The van der Waals surface area contributed by atoms with Gasteiger partial charge in [-0.1, -0.05) is 6.07 Å². The van der Waals surface area contributed by atoms with E-state index in [0.29, 0.717) is 0 Å². The van der Waals surface area contributed by atoms with Crippen molar-refractivity contribution in [3.05, 3.63) is 64.7 Å². The lowest BCUT2D eigenvalue weighted by Gasteiger charge is -2.08. The Kier molecular flexibility index (Phi) is 4.14. The number of anilines is 1. The number of hydrogen-bond donors (Lipinski definition) is 1. The maximum absolute atomic E-state index is 13.6. The molecule has 0 amide bonds. The van der Waals surface area contributed by atoms with Gasteiger partial charge in [-0.2, -0.15) is 5.26 Å². The topological polar surface area (TPSA) is 76.1 Å². The molecule has 0 atom stereocenters. The molecular weight excluding hydrogens is 278 g/mol. The lowest BCUT2D eigenvalue weighted by Crippen LogP contribution is -2.09. The van der Waals surface area contributed by atoms with E-state index in [0.717, 1.165) is 18.2 Å². The number of ether oxygens (including phenoxy) is 1. The molecule has 2 rings (SSSR count). The molecule has 0 aliphatic heterocycles. The zero-order valence-electron chi connectivity index (χ0n) is 10.8. The van der Waals surface area contributed by atoms with Crippen molar-refractivity contribution in [1.29, 1.82) is 5.26 Å². The third-order valence-electron chi connectivity index (χ3n) is 2.77. The van der Waals surface area contributed by atoms with E-state index < -0.39 is 17.6 Å². The molecule has 0 fully saturated rings. The van der Waals surface area contributed by atoms with Crippen LogP contribution in [0.15, 0.2) is 36.4 Å². The second kappa shape index (κ2) is 6.01. The first-order valence-electron chi connectivity index (χ1n) is 5.92. The number of halogens is 2. The first-order chi connectivity index (χ1) is 10.0. The van der Waals surface area contributed by atoms with Gasteiger partial charge in [-0.3, -0.25) is 0 Å². The summed E-state index contributed by atoms with van der Waals surface area (Å²) >= 11 is 0. The Labute approximate surface area is 119 Å². The summed E-state index contributed by atoms with van der Waals surface area (Å²) in [6, 6.07) is 8.90. The largest absolute Gasteiger partial charge is 0.457 e. The van der Waals surface area contributed by atoms with Crippen molar-refractivity contribution in [3.8, 4) is 6.07 Å². The van der Waals surface area contributed by atoms with Crippen LogP contribution in [0.1, 0.15) is 21.5 Å². The SMILES string of the molecule is N#Cc1ccc(COC(=O)c2ccc(F)cc2N)c(F)c1. The Morgan fingerprint density at radius 1 is 1.24 bits per heavy atom. The number of nitrogens with two attached hydrogens (primary N) is 1. The molecule has 0 aromatic heterocycles. The number of esters is 1. The molecule has 0 bridgehead atoms. The highest BCUT2D eigenvalue weighted by Crippen LogP contribution is 2.16. The number of nitrogen functional groups attached to an aromatic ring is 1. The molecule has 0 heterocycles. The molecule has 0 saturated heterocycles. The van der Waals surface area contributed by atoms with Gasteiger partial charge < -0.3 is 10.5 Å². The Bertz CT molecular complexity index is 739. The predicted octanol–water partition coefficient (Wildman–Crippen LogP) is 2.78. The molecule has 0 aliphatic carbocycles. The minimum Gasteiger partial charge on any atom is -0.457 e. The Hall–Kier alpha value is -2.94. The number of nitrogens with zero attached hydrogens (tertiary/aromatic N) is 1. The average Bonchev–Trinajstić information content (AvgIpc) is 2.45. The molecule has 0 unspecified atom stereocenters. The Morgan fingerprint density at radius 3 is 2.62 bits per heavy atom. The van der Waals surface area contributed by atoms with Gasteiger partial charge in [0.25, 0.3) is 0 Å². The molecule has 6 heteroatoms. The van der Waals surface area contributed by atoms with Gasteiger partial charge >= 0.3 is 5.97 Å². The number of nitriles is 1. The van der Waals surface area contributed by atoms with E-state index >= 15 is 0 Å². The maximum Gasteiger partial charge on any atom is 0.340 e. The van der Waals surface area contributed by atoms with Crippen LogP contribution in [-0.4, -0.2) is 5.97 Å². The predicted molar refractivity (Wildman–Crippen MR) is 71.0 cm³/mol. The molecule has 0 spiro atoms. The third kappa shape index (κ3) is 3.34. The second-order valence-electron chi connectivity index (χ2n) is 4.23. The molecule has 21 heavy (non-hydrogen) atoms. The smallest absolute Gasteiger partial charge is 0.340 e. The number of rotatable bonds is 3. The van der Waals surface area contributed by atoms with Gasteiger partial charge in [0.15, 0.2) is 0 Å². The maximum atomic E-state index is 13.6. The van der Waals surface area contributed by atoms with Gasteiger partial charge in [-0.25, -0.2) is 13.6 Å². The quantitative estimate of drug-likeness (QED) is 0.696. The standard InChI is InChI=1S/C15H10F2N2O2/c16-11-3-4-12(14(19)6-11)15(20)21-8-10-2-1-9(7-18)5-13(10)17/h1-6H,8,19H2. The Balaban J connectivity index is 2.09. The lowest BCUT2D eigenvalue weighted by molar-refractivity contribution is 0.0470. The van der Waals surface area contributed by atoms with Crippen LogP contribution in [0, 0.1) is 23.0 Å². The van der Waals surface area contributed by atoms with Crippen LogP contribution in [0.3, 0.4) is 0 Å². The zero-order valence-corrected chi connectivity index (χ0v) is 10.8. The summed E-state index contributed by atoms with van der Waals surface area (Å²) in [4.78, 5) is 11.8. The van der Waals surface area contributed by atoms with Crippen molar-refractivity contribution < 1.29 is 18.3 Å². The number of benzene rings is 2. The van der Waals surface area contributed by atoms with Crippen LogP contribution in [0.4, 0.5) is 14.5 Å². The number of hydrogen-bond acceptors (Lipinski definition) is 4. The van der Waals surface area contributed by atoms with E-state index in [1.54, 1.807) is 6.07 Å². The van der Waals surface area contributed by atoms with Crippen LogP contribution in [0.2, 0.25) is 0 Å². The summed E-state index contributed by atoms with van der Waals surface area (Å²) in [5, 5.41) is 8.63. The first-order valence-corrected chi connectivity index (χ1v) is 5.92. The van der Waals surface area contributed by atoms with E-state index in [1.807, 2.05) is 0 Å². The molecular formula is C15H10F2N2O2. The molecule has 0 aliphatic rings. The van der Waals surface area contributed by atoms with Crippen molar-refractivity contribution in [2.45, 2.75) is 6.61 Å². The highest BCUT2D eigenvalue weighted by molar-refractivity contribution is 5.94. The van der Waals surface area contributed by atoms with E-state index in [1.165, 1.54) is 18.2 Å². The Morgan fingerprint density at radius 2 is 2.00 bits per heavy atom. The molecule has 4 nitrogen and oxygen atoms in total. The van der Waals surface area contributed by atoms with E-state index in [9.17, 15) is 13.6 Å². The van der Waals surface area contributed by atoms with E-state index in [4.69, 9.17) is 15.7 Å². The van der Waals surface area contributed by atoms with Crippen molar-refractivity contribution in [1.82, 2.24) is 0 Å². The molecule has 2 aromatic carbocycles. The second-order valence-corrected chi connectivity index (χ2v) is 4.23. The van der Waals surface area contributed by atoms with Crippen LogP contribution >= 0.6 is 0 Å². The molecule has 0 saturated carbocycles. The number of carbonyl (C=O) groups excluding carboxylic acids is 1. The summed E-state index contributed by atoms with van der Waals surface area (Å²) in [5.41, 5.74) is 5.76. The van der Waals surface area contributed by atoms with Gasteiger partial charge in [0.05, 0.1) is 17.2 Å². The fourth-order valence-corrected chi connectivity index (χ4v) is 1.67. The van der Waals surface area contributed by atoms with Crippen LogP contribution in [0.25, 0.3) is 0 Å². The van der Waals surface area contributed by atoms with Gasteiger partial charge in [-0.15, -0.1) is 0 Å². The van der Waals surface area contributed by atoms with Crippen LogP contribution < -0.4 is 5.73 Å². The minimum absolute atomic E-state index is 0.00505. The molecule has 106 valence electrons. The van der Waals surface area contributed by atoms with E-state index in [2.05, 4.69) is 0 Å². The van der Waals surface area contributed by atoms with E-state index in [-0.39, 0.29) is 29.0 Å². The summed E-state index contributed by atoms with van der Waals surface area (Å²) in [5.74, 6) is -1.99. The van der Waals surface area contributed by atoms with Crippen molar-refractivity contribution >= 4 is 11.7 Å². The van der Waals surface area contributed by atoms with Crippen molar-refractivity contribution in [2.75, 3.05) is 5.73 Å². The van der Waals surface area contributed by atoms with Gasteiger partial charge in [0.2, 0.25) is 0 Å². The zero-order chi connectivity index (χ0) is 15.4. The summed E-state index contributed by atoms with van der Waals surface area (Å²) < 4.78 is 31.4. The number of carbonyl (C=O) groups is 1. The van der Waals surface area contributed by atoms with Crippen LogP contribution in [-0.2, 0) is 11.3 Å². The van der Waals surface area contributed by atoms with Gasteiger partial charge in [-0.05, 0) is 30.3 Å². The van der Waals surface area contributed by atoms with Gasteiger partial charge in [0, 0.05) is 11.3 Å². The normalized spacial score (nSPS) is 9.95. The lowest BCUT2D eigenvalue weighted by atomic mass is 10.1. The molecule has 2 N–H and O–H groups in total. The summed E-state index contributed by atoms with van der Waals surface area (Å²) in [6.45, 7) is -0.312. The highest BCUT2D eigenvalue weighted by atomic mass is 19.1. The summed E-state index contributed by atoms with van der Waals surface area (Å²) in [6.07, 6.45) is 0. The van der Waals surface area contributed by atoms with Crippen molar-refractivity contribution in [2.24, 2.45) is 0 Å². The van der Waals surface area contributed by atoms with Gasteiger partial charge in [0.1, 0.15) is 18.2 Å². The monoisotopic (exact) mass is 288 g/mol. The highest BCUT2D eigenvalue weighted by Gasteiger charge is 2.13. The fourth-order valence-electron chi connectivity index (χ4n) is 1.67. The third-order valence-corrected chi connectivity index (χ3v) is 2.77. The molecule has 2 aromatic rings. The summed E-state index contributed by atoms with van der Waals surface area (Å²) in [7, 11) is 0. The first kappa shape index (κ1) is 14.5. The van der Waals surface area contributed by atoms with Crippen LogP contribution in [0.5, 0.6) is 0 Å². The fraction of sp³-hybridized carbons (Fsp3) is 0.0667. The molecule has 0 radical (unpaired) electrons. The minimum atomic E-state index is -0.781.